The monoisotopic (exact) mass is 260 g/mol. The van der Waals surface area contributed by atoms with Crippen LogP contribution in [0.2, 0.25) is 0 Å². The largest absolute Gasteiger partial charge is 0.478 e. The molecule has 1 aromatic carbocycles. The standard InChI is InChI=1S/C11H13FO4S/c1-7-5-8(2)10(6-9(7)11(13)14)17(15,16)4-3-12/h5-6H,3-4H2,1-2H3,(H,13,14). The lowest BCUT2D eigenvalue weighted by atomic mass is 10.1. The predicted molar refractivity (Wildman–Crippen MR) is 60.9 cm³/mol. The van der Waals surface area contributed by atoms with Crippen molar-refractivity contribution in [2.24, 2.45) is 0 Å². The molecule has 94 valence electrons. The predicted octanol–water partition coefficient (Wildman–Crippen LogP) is 1.74. The van der Waals surface area contributed by atoms with Gasteiger partial charge in [0.2, 0.25) is 0 Å². The molecule has 0 spiro atoms. The third kappa shape index (κ3) is 2.82. The van der Waals surface area contributed by atoms with Crippen LogP contribution < -0.4 is 0 Å². The highest BCUT2D eigenvalue weighted by atomic mass is 32.2. The Bertz CT molecular complexity index is 549. The van der Waals surface area contributed by atoms with Crippen LogP contribution in [0, 0.1) is 13.8 Å². The average Bonchev–Trinajstić information content (AvgIpc) is 2.15. The summed E-state index contributed by atoms with van der Waals surface area (Å²) >= 11 is 0. The third-order valence-electron chi connectivity index (χ3n) is 2.43. The van der Waals surface area contributed by atoms with E-state index in [4.69, 9.17) is 5.11 Å². The number of aromatic carboxylic acids is 1. The second kappa shape index (κ2) is 4.83. The zero-order chi connectivity index (χ0) is 13.2. The van der Waals surface area contributed by atoms with Crippen LogP contribution in [0.4, 0.5) is 4.39 Å². The molecule has 1 rings (SSSR count). The van der Waals surface area contributed by atoms with Crippen LogP contribution in [0.3, 0.4) is 0 Å². The van der Waals surface area contributed by atoms with E-state index in [1.54, 1.807) is 13.8 Å². The molecule has 0 aliphatic rings. The zero-order valence-electron chi connectivity index (χ0n) is 9.53. The van der Waals surface area contributed by atoms with Crippen molar-refractivity contribution >= 4 is 15.8 Å². The first-order chi connectivity index (χ1) is 7.79. The van der Waals surface area contributed by atoms with E-state index >= 15 is 0 Å². The van der Waals surface area contributed by atoms with E-state index in [1.165, 1.54) is 6.07 Å². The van der Waals surface area contributed by atoms with Gasteiger partial charge >= 0.3 is 5.97 Å². The van der Waals surface area contributed by atoms with Crippen molar-refractivity contribution in [2.45, 2.75) is 18.7 Å². The Kier molecular flexibility index (Phi) is 3.87. The van der Waals surface area contributed by atoms with Gasteiger partial charge in [-0.05, 0) is 31.0 Å². The number of halogens is 1. The van der Waals surface area contributed by atoms with E-state index in [0.717, 1.165) is 6.07 Å². The number of carboxylic acid groups (broad SMARTS) is 1. The van der Waals surface area contributed by atoms with Crippen molar-refractivity contribution in [3.8, 4) is 0 Å². The summed E-state index contributed by atoms with van der Waals surface area (Å²) in [6.07, 6.45) is 0. The second-order valence-electron chi connectivity index (χ2n) is 3.75. The van der Waals surface area contributed by atoms with E-state index in [2.05, 4.69) is 0 Å². The SMILES string of the molecule is Cc1cc(C)c(S(=O)(=O)CCF)cc1C(=O)O. The molecule has 1 aromatic rings. The fraction of sp³-hybridized carbons (Fsp3) is 0.364. The molecule has 0 aromatic heterocycles. The van der Waals surface area contributed by atoms with Gasteiger partial charge in [0.05, 0.1) is 16.2 Å². The number of rotatable bonds is 4. The Hall–Kier alpha value is -1.43. The first kappa shape index (κ1) is 13.6. The summed E-state index contributed by atoms with van der Waals surface area (Å²) in [5, 5.41) is 8.91. The van der Waals surface area contributed by atoms with Crippen molar-refractivity contribution in [3.05, 3.63) is 28.8 Å². The molecule has 0 saturated carbocycles. The summed E-state index contributed by atoms with van der Waals surface area (Å²) in [4.78, 5) is 10.8. The lowest BCUT2D eigenvalue weighted by Gasteiger charge is -2.09. The molecule has 0 aliphatic heterocycles. The fourth-order valence-corrected chi connectivity index (χ4v) is 2.88. The molecular formula is C11H13FO4S. The van der Waals surface area contributed by atoms with Crippen LogP contribution in [0.5, 0.6) is 0 Å². The maximum absolute atomic E-state index is 12.1. The fourth-order valence-electron chi connectivity index (χ4n) is 1.61. The molecule has 17 heavy (non-hydrogen) atoms. The van der Waals surface area contributed by atoms with Crippen LogP contribution in [-0.2, 0) is 9.84 Å². The van der Waals surface area contributed by atoms with Crippen molar-refractivity contribution in [1.82, 2.24) is 0 Å². The molecule has 0 radical (unpaired) electrons. The third-order valence-corrected chi connectivity index (χ3v) is 4.23. The van der Waals surface area contributed by atoms with E-state index in [9.17, 15) is 17.6 Å². The van der Waals surface area contributed by atoms with Gasteiger partial charge < -0.3 is 5.11 Å². The van der Waals surface area contributed by atoms with Crippen LogP contribution >= 0.6 is 0 Å². The molecule has 0 fully saturated rings. The van der Waals surface area contributed by atoms with E-state index in [-0.39, 0.29) is 10.5 Å². The van der Waals surface area contributed by atoms with Gasteiger partial charge in [-0.2, -0.15) is 0 Å². The van der Waals surface area contributed by atoms with Crippen LogP contribution in [0.15, 0.2) is 17.0 Å². The Morgan fingerprint density at radius 2 is 1.88 bits per heavy atom. The van der Waals surface area contributed by atoms with Gasteiger partial charge in [0, 0.05) is 0 Å². The first-order valence-corrected chi connectivity index (χ1v) is 6.58. The Morgan fingerprint density at radius 1 is 1.29 bits per heavy atom. The van der Waals surface area contributed by atoms with Crippen LogP contribution in [0.1, 0.15) is 21.5 Å². The molecule has 0 bridgehead atoms. The lowest BCUT2D eigenvalue weighted by molar-refractivity contribution is 0.0696. The molecule has 0 unspecified atom stereocenters. The molecule has 0 atom stereocenters. The highest BCUT2D eigenvalue weighted by Gasteiger charge is 2.20. The minimum absolute atomic E-state index is 0.0759. The minimum Gasteiger partial charge on any atom is -0.478 e. The van der Waals surface area contributed by atoms with Crippen molar-refractivity contribution < 1.29 is 22.7 Å². The summed E-state index contributed by atoms with van der Waals surface area (Å²) in [5.74, 6) is -1.82. The Labute approximate surface area is 99.0 Å². The number of sulfone groups is 1. The van der Waals surface area contributed by atoms with Gasteiger partial charge in [-0.15, -0.1) is 0 Å². The number of carbonyl (C=O) groups is 1. The quantitative estimate of drug-likeness (QED) is 0.895. The van der Waals surface area contributed by atoms with Gasteiger partial charge in [0.25, 0.3) is 0 Å². The number of aryl methyl sites for hydroxylation is 2. The van der Waals surface area contributed by atoms with Gasteiger partial charge in [-0.3, -0.25) is 0 Å². The molecule has 1 N–H and O–H groups in total. The van der Waals surface area contributed by atoms with E-state index < -0.39 is 28.2 Å². The van der Waals surface area contributed by atoms with E-state index in [1.807, 2.05) is 0 Å². The smallest absolute Gasteiger partial charge is 0.335 e. The van der Waals surface area contributed by atoms with Gasteiger partial charge in [-0.1, -0.05) is 6.07 Å². The lowest BCUT2D eigenvalue weighted by Crippen LogP contribution is -2.12. The molecule has 0 heterocycles. The van der Waals surface area contributed by atoms with Crippen molar-refractivity contribution in [3.63, 3.8) is 0 Å². The summed E-state index contributed by atoms with van der Waals surface area (Å²) in [6, 6.07) is 2.58. The molecule has 4 nitrogen and oxygen atoms in total. The van der Waals surface area contributed by atoms with Crippen molar-refractivity contribution in [1.29, 1.82) is 0 Å². The van der Waals surface area contributed by atoms with Crippen molar-refractivity contribution in [2.75, 3.05) is 12.4 Å². The molecule has 0 aliphatic carbocycles. The summed E-state index contributed by atoms with van der Waals surface area (Å²) in [7, 11) is -3.75. The summed E-state index contributed by atoms with van der Waals surface area (Å²) < 4.78 is 35.6. The minimum atomic E-state index is -3.75. The number of hydrogen-bond donors (Lipinski definition) is 1. The van der Waals surface area contributed by atoms with E-state index in [0.29, 0.717) is 11.1 Å². The van der Waals surface area contributed by atoms with Crippen LogP contribution in [0.25, 0.3) is 0 Å². The molecule has 6 heteroatoms. The summed E-state index contributed by atoms with van der Waals surface area (Å²) in [6.45, 7) is 2.16. The van der Waals surface area contributed by atoms with Gasteiger partial charge in [0.1, 0.15) is 6.67 Å². The zero-order valence-corrected chi connectivity index (χ0v) is 10.3. The van der Waals surface area contributed by atoms with Crippen LogP contribution in [-0.4, -0.2) is 31.9 Å². The molecular weight excluding hydrogens is 247 g/mol. The highest BCUT2D eigenvalue weighted by Crippen LogP contribution is 2.21. The Morgan fingerprint density at radius 3 is 2.35 bits per heavy atom. The Balaban J connectivity index is 3.45. The number of carboxylic acids is 1. The molecule has 0 amide bonds. The number of alkyl halides is 1. The number of hydrogen-bond acceptors (Lipinski definition) is 3. The maximum atomic E-state index is 12.1. The average molecular weight is 260 g/mol. The second-order valence-corrected chi connectivity index (χ2v) is 5.82. The topological polar surface area (TPSA) is 71.4 Å². The van der Waals surface area contributed by atoms with Gasteiger partial charge in [-0.25, -0.2) is 17.6 Å². The normalized spacial score (nSPS) is 11.5. The summed E-state index contributed by atoms with van der Waals surface area (Å²) in [5.41, 5.74) is 0.836. The van der Waals surface area contributed by atoms with Gasteiger partial charge in [0.15, 0.2) is 9.84 Å². The first-order valence-electron chi connectivity index (χ1n) is 4.93. The maximum Gasteiger partial charge on any atom is 0.335 e. The number of benzene rings is 1. The molecule has 0 saturated heterocycles. The highest BCUT2D eigenvalue weighted by molar-refractivity contribution is 7.91.